The van der Waals surface area contributed by atoms with Crippen molar-refractivity contribution in [3.05, 3.63) is 42.6 Å². The maximum atomic E-state index is 11.8. The average molecular weight is 258 g/mol. The molecular weight excluding hydrogens is 240 g/mol. The van der Waals surface area contributed by atoms with Crippen LogP contribution >= 0.6 is 0 Å². The largest absolute Gasteiger partial charge is 0.319 e. The van der Waals surface area contributed by atoms with E-state index < -0.39 is 0 Å². The molecule has 0 aliphatic heterocycles. The molecule has 1 atom stereocenters. The van der Waals surface area contributed by atoms with Crippen molar-refractivity contribution in [2.24, 2.45) is 5.92 Å². The van der Waals surface area contributed by atoms with Gasteiger partial charge in [0.2, 0.25) is 5.91 Å². The highest BCUT2D eigenvalue weighted by Crippen LogP contribution is 2.10. The first-order valence-electron chi connectivity index (χ1n) is 6.27. The third kappa shape index (κ3) is 3.42. The zero-order chi connectivity index (χ0) is 13.7. The zero-order valence-electron chi connectivity index (χ0n) is 11.1. The highest BCUT2D eigenvalue weighted by atomic mass is 16.2. The number of nitrogens with one attached hydrogen (secondary N) is 2. The molecule has 0 saturated heterocycles. The second-order valence-electron chi connectivity index (χ2n) is 4.43. The Morgan fingerprint density at radius 3 is 2.74 bits per heavy atom. The van der Waals surface area contributed by atoms with Gasteiger partial charge in [0.1, 0.15) is 0 Å². The Hall–Kier alpha value is -2.14. The van der Waals surface area contributed by atoms with Gasteiger partial charge in [-0.25, -0.2) is 4.68 Å². The van der Waals surface area contributed by atoms with Gasteiger partial charge in [0.05, 0.1) is 5.69 Å². The van der Waals surface area contributed by atoms with Gasteiger partial charge < -0.3 is 10.6 Å². The molecular formula is C14H18N4O. The van der Waals surface area contributed by atoms with Crippen LogP contribution in [0.25, 0.3) is 5.69 Å². The predicted molar refractivity (Wildman–Crippen MR) is 75.3 cm³/mol. The van der Waals surface area contributed by atoms with Crippen LogP contribution in [-0.4, -0.2) is 29.3 Å². The lowest BCUT2D eigenvalue weighted by atomic mass is 10.1. The third-order valence-corrected chi connectivity index (χ3v) is 2.82. The molecule has 5 heteroatoms. The standard InChI is InChI=1S/C14H18N4O/c1-11(10-15-2)14(19)16-13-8-9-18(17-13)12-6-4-3-5-7-12/h3-9,11,15H,10H2,1-2H3,(H,16,17,19). The molecule has 2 aromatic rings. The summed E-state index contributed by atoms with van der Waals surface area (Å²) in [6.07, 6.45) is 1.83. The van der Waals surface area contributed by atoms with Crippen molar-refractivity contribution in [3.8, 4) is 5.69 Å². The van der Waals surface area contributed by atoms with Crippen LogP contribution in [0.1, 0.15) is 6.92 Å². The first-order valence-corrected chi connectivity index (χ1v) is 6.27. The summed E-state index contributed by atoms with van der Waals surface area (Å²) in [6.45, 7) is 2.52. The first kappa shape index (κ1) is 13.3. The van der Waals surface area contributed by atoms with E-state index >= 15 is 0 Å². The fourth-order valence-corrected chi connectivity index (χ4v) is 1.76. The smallest absolute Gasteiger partial charge is 0.229 e. The van der Waals surface area contributed by atoms with Crippen LogP contribution in [0.15, 0.2) is 42.6 Å². The number of anilines is 1. The molecule has 100 valence electrons. The number of nitrogens with zero attached hydrogens (tertiary/aromatic N) is 2. The van der Waals surface area contributed by atoms with E-state index in [2.05, 4.69) is 15.7 Å². The Morgan fingerprint density at radius 2 is 2.05 bits per heavy atom. The van der Waals surface area contributed by atoms with Crippen LogP contribution in [-0.2, 0) is 4.79 Å². The van der Waals surface area contributed by atoms with Crippen molar-refractivity contribution >= 4 is 11.7 Å². The molecule has 5 nitrogen and oxygen atoms in total. The van der Waals surface area contributed by atoms with Gasteiger partial charge in [0.15, 0.2) is 5.82 Å². The van der Waals surface area contributed by atoms with E-state index in [0.29, 0.717) is 12.4 Å². The van der Waals surface area contributed by atoms with E-state index in [4.69, 9.17) is 0 Å². The molecule has 2 rings (SSSR count). The summed E-state index contributed by atoms with van der Waals surface area (Å²) < 4.78 is 1.73. The van der Waals surface area contributed by atoms with Crippen molar-refractivity contribution < 1.29 is 4.79 Å². The Bertz CT molecular complexity index is 535. The topological polar surface area (TPSA) is 59.0 Å². The number of rotatable bonds is 5. The number of benzene rings is 1. The summed E-state index contributed by atoms with van der Waals surface area (Å²) in [5.74, 6) is 0.441. The van der Waals surface area contributed by atoms with E-state index in [1.807, 2.05) is 50.5 Å². The monoisotopic (exact) mass is 258 g/mol. The van der Waals surface area contributed by atoms with E-state index in [1.54, 1.807) is 10.7 Å². The summed E-state index contributed by atoms with van der Waals surface area (Å²) in [5.41, 5.74) is 0.964. The molecule has 1 heterocycles. The molecule has 0 spiro atoms. The minimum Gasteiger partial charge on any atom is -0.319 e. The van der Waals surface area contributed by atoms with Gasteiger partial charge in [-0.1, -0.05) is 25.1 Å². The Kier molecular flexibility index (Phi) is 4.30. The summed E-state index contributed by atoms with van der Waals surface area (Å²) in [7, 11) is 1.83. The van der Waals surface area contributed by atoms with Gasteiger partial charge in [-0.2, -0.15) is 5.10 Å². The van der Waals surface area contributed by atoms with Crippen LogP contribution < -0.4 is 10.6 Å². The normalized spacial score (nSPS) is 12.1. The number of para-hydroxylation sites is 1. The second kappa shape index (κ2) is 6.15. The maximum absolute atomic E-state index is 11.8. The van der Waals surface area contributed by atoms with E-state index in [1.165, 1.54) is 0 Å². The van der Waals surface area contributed by atoms with Crippen molar-refractivity contribution in [1.82, 2.24) is 15.1 Å². The van der Waals surface area contributed by atoms with Gasteiger partial charge >= 0.3 is 0 Å². The first-order chi connectivity index (χ1) is 9.20. The Balaban J connectivity index is 2.04. The molecule has 0 aliphatic rings. The molecule has 0 saturated carbocycles. The SMILES string of the molecule is CNCC(C)C(=O)Nc1ccn(-c2ccccc2)n1. The molecule has 0 aliphatic carbocycles. The molecule has 0 bridgehead atoms. The Labute approximate surface area is 112 Å². The van der Waals surface area contributed by atoms with Gasteiger partial charge in [0.25, 0.3) is 0 Å². The summed E-state index contributed by atoms with van der Waals surface area (Å²) in [4.78, 5) is 11.8. The van der Waals surface area contributed by atoms with Crippen molar-refractivity contribution in [1.29, 1.82) is 0 Å². The molecule has 1 aromatic carbocycles. The highest BCUT2D eigenvalue weighted by Gasteiger charge is 2.13. The average Bonchev–Trinajstić information content (AvgIpc) is 2.88. The maximum Gasteiger partial charge on any atom is 0.229 e. The number of amides is 1. The predicted octanol–water partition coefficient (Wildman–Crippen LogP) is 1.67. The van der Waals surface area contributed by atoms with Crippen LogP contribution in [0.4, 0.5) is 5.82 Å². The van der Waals surface area contributed by atoms with Crippen molar-refractivity contribution in [2.75, 3.05) is 18.9 Å². The van der Waals surface area contributed by atoms with Crippen molar-refractivity contribution in [3.63, 3.8) is 0 Å². The summed E-state index contributed by atoms with van der Waals surface area (Å²) >= 11 is 0. The molecule has 0 fully saturated rings. The lowest BCUT2D eigenvalue weighted by molar-refractivity contribution is -0.119. The molecule has 2 N–H and O–H groups in total. The van der Waals surface area contributed by atoms with Crippen LogP contribution in [0.3, 0.4) is 0 Å². The fourth-order valence-electron chi connectivity index (χ4n) is 1.76. The van der Waals surface area contributed by atoms with Crippen LogP contribution in [0.2, 0.25) is 0 Å². The Morgan fingerprint density at radius 1 is 1.32 bits per heavy atom. The van der Waals surface area contributed by atoms with Crippen LogP contribution in [0, 0.1) is 5.92 Å². The fraction of sp³-hybridized carbons (Fsp3) is 0.286. The zero-order valence-corrected chi connectivity index (χ0v) is 11.1. The number of carbonyl (C=O) groups excluding carboxylic acids is 1. The summed E-state index contributed by atoms with van der Waals surface area (Å²) in [5, 5.41) is 10.1. The van der Waals surface area contributed by atoms with Gasteiger partial charge in [0, 0.05) is 24.7 Å². The minimum atomic E-state index is -0.0909. The quantitative estimate of drug-likeness (QED) is 0.857. The molecule has 1 unspecified atom stereocenters. The van der Waals surface area contributed by atoms with E-state index in [-0.39, 0.29) is 11.8 Å². The van der Waals surface area contributed by atoms with Gasteiger partial charge in [-0.3, -0.25) is 4.79 Å². The van der Waals surface area contributed by atoms with Gasteiger partial charge in [-0.15, -0.1) is 0 Å². The molecule has 1 amide bonds. The molecule has 19 heavy (non-hydrogen) atoms. The number of hydrogen-bond donors (Lipinski definition) is 2. The molecule has 0 radical (unpaired) electrons. The lowest BCUT2D eigenvalue weighted by Gasteiger charge is -2.09. The van der Waals surface area contributed by atoms with Crippen molar-refractivity contribution in [2.45, 2.75) is 6.92 Å². The van der Waals surface area contributed by atoms with E-state index in [9.17, 15) is 4.79 Å². The van der Waals surface area contributed by atoms with Gasteiger partial charge in [-0.05, 0) is 19.2 Å². The third-order valence-electron chi connectivity index (χ3n) is 2.82. The number of carbonyl (C=O) groups is 1. The lowest BCUT2D eigenvalue weighted by Crippen LogP contribution is -2.28. The van der Waals surface area contributed by atoms with Crippen LogP contribution in [0.5, 0.6) is 0 Å². The number of hydrogen-bond acceptors (Lipinski definition) is 3. The minimum absolute atomic E-state index is 0.0346. The second-order valence-corrected chi connectivity index (χ2v) is 4.43. The highest BCUT2D eigenvalue weighted by molar-refractivity contribution is 5.91. The van der Waals surface area contributed by atoms with E-state index in [0.717, 1.165) is 5.69 Å². The summed E-state index contributed by atoms with van der Waals surface area (Å²) in [6, 6.07) is 11.6. The molecule has 1 aromatic heterocycles. The number of aromatic nitrogens is 2.